The van der Waals surface area contributed by atoms with E-state index >= 15 is 0 Å². The van der Waals surface area contributed by atoms with Crippen LogP contribution in [0.15, 0.2) is 12.7 Å². The van der Waals surface area contributed by atoms with Crippen LogP contribution in [-0.2, 0) is 14.3 Å². The van der Waals surface area contributed by atoms with E-state index in [0.717, 1.165) is 0 Å². The predicted octanol–water partition coefficient (Wildman–Crippen LogP) is 0.826. The maximum atomic E-state index is 10.8. The smallest absolute Gasteiger partial charge is 0.306 e. The average molecular weight is 172 g/mol. The van der Waals surface area contributed by atoms with Crippen LogP contribution in [0.4, 0.5) is 0 Å². The van der Waals surface area contributed by atoms with Crippen LogP contribution in [-0.4, -0.2) is 23.7 Å². The molecule has 0 unspecified atom stereocenters. The fourth-order valence-electron chi connectivity index (χ4n) is 0.548. The SMILES string of the molecule is C=CCOC(=O)C[C@@H](C)C(=O)O. The Balaban J connectivity index is 3.68. The van der Waals surface area contributed by atoms with Gasteiger partial charge in [0.05, 0.1) is 12.3 Å². The van der Waals surface area contributed by atoms with E-state index in [-0.39, 0.29) is 13.0 Å². The third-order valence-electron chi connectivity index (χ3n) is 1.26. The van der Waals surface area contributed by atoms with Crippen LogP contribution < -0.4 is 0 Å². The molecule has 0 rings (SSSR count). The normalized spacial score (nSPS) is 11.8. The molecule has 0 radical (unpaired) electrons. The molecule has 0 amide bonds. The Bertz CT molecular complexity index is 185. The Morgan fingerprint density at radius 2 is 2.25 bits per heavy atom. The second-order valence-corrected chi connectivity index (χ2v) is 2.42. The molecular formula is C8H12O4. The fourth-order valence-corrected chi connectivity index (χ4v) is 0.548. The second kappa shape index (κ2) is 5.35. The van der Waals surface area contributed by atoms with Gasteiger partial charge in [-0.2, -0.15) is 0 Å². The van der Waals surface area contributed by atoms with Crippen LogP contribution in [0.1, 0.15) is 13.3 Å². The Kier molecular flexibility index (Phi) is 4.76. The summed E-state index contributed by atoms with van der Waals surface area (Å²) in [5.41, 5.74) is 0. The minimum Gasteiger partial charge on any atom is -0.481 e. The number of carboxylic acids is 1. The molecule has 0 saturated carbocycles. The predicted molar refractivity (Wildman–Crippen MR) is 42.6 cm³/mol. The topological polar surface area (TPSA) is 63.6 Å². The lowest BCUT2D eigenvalue weighted by molar-refractivity contribution is -0.150. The van der Waals surface area contributed by atoms with E-state index in [1.807, 2.05) is 0 Å². The van der Waals surface area contributed by atoms with Crippen LogP contribution in [0.5, 0.6) is 0 Å². The van der Waals surface area contributed by atoms with Gasteiger partial charge in [-0.05, 0) is 0 Å². The molecule has 0 aromatic rings. The van der Waals surface area contributed by atoms with Gasteiger partial charge in [0.25, 0.3) is 0 Å². The Hall–Kier alpha value is -1.32. The minimum absolute atomic E-state index is 0.0941. The number of ether oxygens (including phenoxy) is 1. The zero-order valence-corrected chi connectivity index (χ0v) is 6.95. The van der Waals surface area contributed by atoms with Gasteiger partial charge in [-0.3, -0.25) is 9.59 Å². The number of hydrogen-bond donors (Lipinski definition) is 1. The highest BCUT2D eigenvalue weighted by molar-refractivity contribution is 5.78. The number of hydrogen-bond acceptors (Lipinski definition) is 3. The van der Waals surface area contributed by atoms with Gasteiger partial charge in [0.15, 0.2) is 0 Å². The van der Waals surface area contributed by atoms with Crippen molar-refractivity contribution in [2.75, 3.05) is 6.61 Å². The number of carbonyl (C=O) groups is 2. The van der Waals surface area contributed by atoms with Crippen molar-refractivity contribution in [1.29, 1.82) is 0 Å². The highest BCUT2D eigenvalue weighted by Crippen LogP contribution is 2.02. The minimum atomic E-state index is -0.995. The maximum Gasteiger partial charge on any atom is 0.306 e. The van der Waals surface area contributed by atoms with Crippen LogP contribution >= 0.6 is 0 Å². The van der Waals surface area contributed by atoms with Crippen LogP contribution in [0.3, 0.4) is 0 Å². The van der Waals surface area contributed by atoms with Gasteiger partial charge in [0.2, 0.25) is 0 Å². The van der Waals surface area contributed by atoms with Crippen molar-refractivity contribution in [2.24, 2.45) is 5.92 Å². The molecule has 1 atom stereocenters. The summed E-state index contributed by atoms with van der Waals surface area (Å²) >= 11 is 0. The first-order valence-corrected chi connectivity index (χ1v) is 3.57. The van der Waals surface area contributed by atoms with Crippen molar-refractivity contribution in [3.8, 4) is 0 Å². The van der Waals surface area contributed by atoms with Gasteiger partial charge in [0.1, 0.15) is 6.61 Å². The van der Waals surface area contributed by atoms with E-state index in [1.165, 1.54) is 13.0 Å². The number of carboxylic acid groups (broad SMARTS) is 1. The number of carbonyl (C=O) groups excluding carboxylic acids is 1. The van der Waals surface area contributed by atoms with Crippen molar-refractivity contribution in [3.05, 3.63) is 12.7 Å². The molecule has 0 bridgehead atoms. The molecule has 0 saturated heterocycles. The molecule has 0 spiro atoms. The number of aliphatic carboxylic acids is 1. The summed E-state index contributed by atoms with van der Waals surface area (Å²) in [5, 5.41) is 8.43. The Morgan fingerprint density at radius 1 is 1.67 bits per heavy atom. The third-order valence-corrected chi connectivity index (χ3v) is 1.26. The lowest BCUT2D eigenvalue weighted by atomic mass is 10.1. The largest absolute Gasteiger partial charge is 0.481 e. The molecule has 0 aliphatic heterocycles. The van der Waals surface area contributed by atoms with Gasteiger partial charge in [-0.1, -0.05) is 19.6 Å². The summed E-state index contributed by atoms with van der Waals surface area (Å²) in [5.74, 6) is -2.20. The molecule has 0 aromatic carbocycles. The second-order valence-electron chi connectivity index (χ2n) is 2.42. The molecule has 12 heavy (non-hydrogen) atoms. The van der Waals surface area contributed by atoms with Crippen molar-refractivity contribution < 1.29 is 19.4 Å². The van der Waals surface area contributed by atoms with Gasteiger partial charge in [-0.15, -0.1) is 0 Å². The van der Waals surface area contributed by atoms with Gasteiger partial charge in [-0.25, -0.2) is 0 Å². The lowest BCUT2D eigenvalue weighted by Crippen LogP contribution is -2.16. The standard InChI is InChI=1S/C8H12O4/c1-3-4-12-7(9)5-6(2)8(10)11/h3,6H,1,4-5H2,2H3,(H,10,11)/t6-/m1/s1. The van der Waals surface area contributed by atoms with Crippen LogP contribution in [0.2, 0.25) is 0 Å². The van der Waals surface area contributed by atoms with E-state index in [4.69, 9.17) is 5.11 Å². The van der Waals surface area contributed by atoms with E-state index in [2.05, 4.69) is 11.3 Å². The van der Waals surface area contributed by atoms with Gasteiger partial charge < -0.3 is 9.84 Å². The Morgan fingerprint density at radius 3 is 2.67 bits per heavy atom. The maximum absolute atomic E-state index is 10.8. The molecule has 68 valence electrons. The fraction of sp³-hybridized carbons (Fsp3) is 0.500. The molecule has 0 fully saturated rings. The summed E-state index contributed by atoms with van der Waals surface area (Å²) in [6.45, 7) is 4.94. The van der Waals surface area contributed by atoms with Crippen LogP contribution in [0.25, 0.3) is 0 Å². The first-order chi connectivity index (χ1) is 5.57. The molecule has 4 nitrogen and oxygen atoms in total. The lowest BCUT2D eigenvalue weighted by Gasteiger charge is -2.04. The van der Waals surface area contributed by atoms with E-state index in [1.54, 1.807) is 0 Å². The molecule has 0 aromatic heterocycles. The quantitative estimate of drug-likeness (QED) is 0.492. The van der Waals surface area contributed by atoms with Crippen molar-refractivity contribution in [1.82, 2.24) is 0 Å². The molecular weight excluding hydrogens is 160 g/mol. The summed E-state index contributed by atoms with van der Waals surface area (Å²) in [7, 11) is 0. The number of esters is 1. The molecule has 0 aliphatic rings. The molecule has 0 aliphatic carbocycles. The van der Waals surface area contributed by atoms with Gasteiger partial charge >= 0.3 is 11.9 Å². The molecule has 1 N–H and O–H groups in total. The first kappa shape index (κ1) is 10.7. The first-order valence-electron chi connectivity index (χ1n) is 3.57. The monoisotopic (exact) mass is 172 g/mol. The molecule has 4 heteroatoms. The summed E-state index contributed by atoms with van der Waals surface area (Å²) < 4.78 is 4.59. The van der Waals surface area contributed by atoms with Crippen molar-refractivity contribution in [3.63, 3.8) is 0 Å². The summed E-state index contributed by atoms with van der Waals surface area (Å²) in [6, 6.07) is 0. The van der Waals surface area contributed by atoms with E-state index < -0.39 is 17.9 Å². The summed E-state index contributed by atoms with van der Waals surface area (Å²) in [6.07, 6.45) is 1.34. The van der Waals surface area contributed by atoms with Crippen LogP contribution in [0, 0.1) is 5.92 Å². The summed E-state index contributed by atoms with van der Waals surface area (Å²) in [4.78, 5) is 21.1. The highest BCUT2D eigenvalue weighted by atomic mass is 16.5. The third kappa shape index (κ3) is 4.49. The van der Waals surface area contributed by atoms with E-state index in [9.17, 15) is 9.59 Å². The highest BCUT2D eigenvalue weighted by Gasteiger charge is 2.15. The van der Waals surface area contributed by atoms with Crippen molar-refractivity contribution >= 4 is 11.9 Å². The van der Waals surface area contributed by atoms with Gasteiger partial charge in [0, 0.05) is 0 Å². The number of rotatable bonds is 5. The van der Waals surface area contributed by atoms with E-state index in [0.29, 0.717) is 0 Å². The van der Waals surface area contributed by atoms with Crippen molar-refractivity contribution in [2.45, 2.75) is 13.3 Å². The molecule has 0 heterocycles. The zero-order chi connectivity index (χ0) is 9.56. The zero-order valence-electron chi connectivity index (χ0n) is 6.95. The Labute approximate surface area is 70.8 Å². The average Bonchev–Trinajstić information content (AvgIpc) is 2.00.